The lowest BCUT2D eigenvalue weighted by molar-refractivity contribution is -0.137. The Hall–Kier alpha value is -4.12. The fourth-order valence-electron chi connectivity index (χ4n) is 8.03. The van der Waals surface area contributed by atoms with Crippen LogP contribution in [0.5, 0.6) is 0 Å². The van der Waals surface area contributed by atoms with Crippen molar-refractivity contribution in [2.75, 3.05) is 23.3 Å². The van der Waals surface area contributed by atoms with Gasteiger partial charge < -0.3 is 5.32 Å². The number of hydrogen-bond donors (Lipinski definition) is 1. The van der Waals surface area contributed by atoms with Gasteiger partial charge in [0.2, 0.25) is 5.91 Å². The highest BCUT2D eigenvalue weighted by molar-refractivity contribution is 5.97. The zero-order chi connectivity index (χ0) is 33.9. The molecule has 0 spiro atoms. The van der Waals surface area contributed by atoms with Crippen molar-refractivity contribution in [1.82, 2.24) is 4.98 Å². The third-order valence-corrected chi connectivity index (χ3v) is 11.2. The van der Waals surface area contributed by atoms with Gasteiger partial charge in [-0.15, -0.1) is 11.8 Å². The van der Waals surface area contributed by atoms with Gasteiger partial charge in [-0.1, -0.05) is 50.2 Å². The van der Waals surface area contributed by atoms with E-state index in [2.05, 4.69) is 31.0 Å². The number of fused-ring (bicyclic) bond motifs is 2. The maximum absolute atomic E-state index is 13.7. The van der Waals surface area contributed by atoms with Crippen LogP contribution in [-0.4, -0.2) is 29.8 Å². The van der Waals surface area contributed by atoms with Gasteiger partial charge in [-0.25, -0.2) is 4.98 Å². The number of carbonyl (C=O) groups excluding carboxylic acids is 2. The number of pyridine rings is 1. The van der Waals surface area contributed by atoms with Crippen molar-refractivity contribution in [3.8, 4) is 23.1 Å². The molecule has 3 aromatic rings. The number of alkyl halides is 3. The molecule has 8 heteroatoms. The smallest absolute Gasteiger partial charge is 0.382 e. The van der Waals surface area contributed by atoms with E-state index in [1.165, 1.54) is 6.07 Å². The highest BCUT2D eigenvalue weighted by atomic mass is 19.4. The lowest BCUT2D eigenvalue weighted by Gasteiger charge is -2.27. The lowest BCUT2D eigenvalue weighted by atomic mass is 9.87. The normalized spacial score (nSPS) is 23.5. The lowest BCUT2D eigenvalue weighted by Crippen LogP contribution is -2.36. The molecule has 1 unspecified atom stereocenters. The zero-order valence-electron chi connectivity index (χ0n) is 27.9. The van der Waals surface area contributed by atoms with Crippen molar-refractivity contribution in [2.24, 2.45) is 16.7 Å². The van der Waals surface area contributed by atoms with Crippen LogP contribution in [0.3, 0.4) is 0 Å². The van der Waals surface area contributed by atoms with Crippen LogP contribution in [0.15, 0.2) is 60.7 Å². The molecule has 2 aromatic carbocycles. The van der Waals surface area contributed by atoms with E-state index in [1.807, 2.05) is 24.3 Å². The van der Waals surface area contributed by atoms with E-state index >= 15 is 0 Å². The summed E-state index contributed by atoms with van der Waals surface area (Å²) in [5, 5.41) is 3.33. The van der Waals surface area contributed by atoms with Gasteiger partial charge in [-0.2, -0.15) is 13.2 Å². The molecule has 1 amide bonds. The molecule has 0 radical (unpaired) electrons. The summed E-state index contributed by atoms with van der Waals surface area (Å²) in [6.45, 7) is 5.97. The van der Waals surface area contributed by atoms with E-state index in [0.717, 1.165) is 74.8 Å². The number of aryl methyl sites for hydroxylation is 1. The quantitative estimate of drug-likeness (QED) is 0.234. The predicted octanol–water partition coefficient (Wildman–Crippen LogP) is 9.05. The number of aromatic nitrogens is 1. The first kappa shape index (κ1) is 33.8. The topological polar surface area (TPSA) is 62.3 Å². The summed E-state index contributed by atoms with van der Waals surface area (Å²) in [5.41, 5.74) is 3.19. The number of rotatable bonds is 9. The summed E-state index contributed by atoms with van der Waals surface area (Å²) in [7, 11) is 0. The summed E-state index contributed by atoms with van der Waals surface area (Å²) < 4.78 is 40.2. The van der Waals surface area contributed by atoms with Crippen LogP contribution >= 0.6 is 0 Å². The first-order valence-corrected chi connectivity index (χ1v) is 17.3. The van der Waals surface area contributed by atoms with Gasteiger partial charge in [0.1, 0.15) is 5.78 Å². The zero-order valence-corrected chi connectivity index (χ0v) is 27.9. The number of halogens is 3. The molecule has 1 N–H and O–H groups in total. The van der Waals surface area contributed by atoms with Crippen molar-refractivity contribution >= 4 is 23.2 Å². The van der Waals surface area contributed by atoms with Crippen LogP contribution in [0, 0.1) is 28.6 Å². The number of carbonyl (C=O) groups is 2. The van der Waals surface area contributed by atoms with Gasteiger partial charge in [0.25, 0.3) is 0 Å². The SMILES string of the molecule is C[C@@]12CCC#CCC[C@]1(C)C2CCC(=O)CCc1ccc(CC(=O)N2CCCCNc3ccc(-c4cccc(C(F)(F)F)c4)nc32)cc1. The molecule has 252 valence electrons. The average molecular weight is 656 g/mol. The number of nitrogens with one attached hydrogen (secondary N) is 1. The molecule has 1 aromatic heterocycles. The molecule has 1 saturated carbocycles. The summed E-state index contributed by atoms with van der Waals surface area (Å²) in [4.78, 5) is 32.9. The van der Waals surface area contributed by atoms with Gasteiger partial charge in [-0.3, -0.25) is 14.5 Å². The first-order chi connectivity index (χ1) is 23.0. The molecule has 2 heterocycles. The van der Waals surface area contributed by atoms with Gasteiger partial charge in [-0.05, 0) is 90.7 Å². The minimum atomic E-state index is -4.46. The van der Waals surface area contributed by atoms with Crippen LogP contribution < -0.4 is 10.2 Å². The average Bonchev–Trinajstić information content (AvgIpc) is 3.49. The summed E-state index contributed by atoms with van der Waals surface area (Å²) in [6, 6.07) is 16.4. The fourth-order valence-corrected chi connectivity index (χ4v) is 8.03. The Morgan fingerprint density at radius 1 is 0.938 bits per heavy atom. The van der Waals surface area contributed by atoms with Crippen molar-refractivity contribution in [2.45, 2.75) is 90.7 Å². The van der Waals surface area contributed by atoms with E-state index < -0.39 is 11.7 Å². The van der Waals surface area contributed by atoms with E-state index in [-0.39, 0.29) is 12.3 Å². The fraction of sp³-hybridized carbons (Fsp3) is 0.475. The second-order valence-electron chi connectivity index (χ2n) is 14.1. The number of hydrogen-bond acceptors (Lipinski definition) is 4. The highest BCUT2D eigenvalue weighted by Gasteiger charge is 2.68. The predicted molar refractivity (Wildman–Crippen MR) is 183 cm³/mol. The van der Waals surface area contributed by atoms with Crippen LogP contribution in [-0.2, 0) is 28.6 Å². The third kappa shape index (κ3) is 7.16. The van der Waals surface area contributed by atoms with Crippen molar-refractivity contribution in [3.05, 3.63) is 77.4 Å². The Kier molecular flexibility index (Phi) is 9.69. The van der Waals surface area contributed by atoms with Crippen molar-refractivity contribution < 1.29 is 22.8 Å². The Morgan fingerprint density at radius 3 is 2.35 bits per heavy atom. The van der Waals surface area contributed by atoms with E-state index in [0.29, 0.717) is 71.1 Å². The summed E-state index contributed by atoms with van der Waals surface area (Å²) >= 11 is 0. The number of benzene rings is 2. The molecular formula is C40H44F3N3O2. The molecule has 3 aliphatic rings. The van der Waals surface area contributed by atoms with Crippen molar-refractivity contribution in [1.29, 1.82) is 0 Å². The third-order valence-electron chi connectivity index (χ3n) is 11.2. The number of ketones is 1. The second-order valence-corrected chi connectivity index (χ2v) is 14.1. The Bertz CT molecular complexity index is 1700. The van der Waals surface area contributed by atoms with Crippen LogP contribution in [0.4, 0.5) is 24.7 Å². The van der Waals surface area contributed by atoms with E-state index in [4.69, 9.17) is 4.98 Å². The second kappa shape index (κ2) is 13.8. The largest absolute Gasteiger partial charge is 0.416 e. The summed E-state index contributed by atoms with van der Waals surface area (Å²) in [6.07, 6.45) is 4.29. The van der Waals surface area contributed by atoms with Gasteiger partial charge in [0.15, 0.2) is 5.82 Å². The molecule has 48 heavy (non-hydrogen) atoms. The van der Waals surface area contributed by atoms with Crippen molar-refractivity contribution in [3.63, 3.8) is 0 Å². The standard InChI is InChI=1S/C40H44F3N3O2/c1-38-22-5-3-4-6-23-39(38,2)35(38)21-18-32(47)17-16-28-12-14-29(15-13-28)26-36(48)46-25-8-7-24-44-34-20-19-33(45-37(34)46)30-10-9-11-31(27-30)40(41,42)43/h9-15,19-20,27,35,44H,5-8,16-18,21-26H2,1-2H3/t35?,38-,39+. The van der Waals surface area contributed by atoms with Gasteiger partial charge >= 0.3 is 6.18 Å². The van der Waals surface area contributed by atoms with Crippen LogP contribution in [0.2, 0.25) is 0 Å². The van der Waals surface area contributed by atoms with E-state index in [9.17, 15) is 22.8 Å². The molecule has 1 aliphatic heterocycles. The first-order valence-electron chi connectivity index (χ1n) is 17.3. The maximum atomic E-state index is 13.7. The summed E-state index contributed by atoms with van der Waals surface area (Å²) in [5.74, 6) is 7.78. The molecule has 1 fully saturated rings. The van der Waals surface area contributed by atoms with Crippen LogP contribution in [0.25, 0.3) is 11.3 Å². The molecule has 5 nitrogen and oxygen atoms in total. The van der Waals surface area contributed by atoms with Gasteiger partial charge in [0.05, 0.1) is 23.4 Å². The van der Waals surface area contributed by atoms with E-state index in [1.54, 1.807) is 23.1 Å². The Morgan fingerprint density at radius 2 is 1.65 bits per heavy atom. The molecule has 2 aliphatic carbocycles. The Labute approximate surface area is 281 Å². The highest BCUT2D eigenvalue weighted by Crippen LogP contribution is 2.74. The van der Waals surface area contributed by atoms with Crippen LogP contribution in [0.1, 0.15) is 88.3 Å². The maximum Gasteiger partial charge on any atom is 0.416 e. The molecular weight excluding hydrogens is 611 g/mol. The van der Waals surface area contributed by atoms with Gasteiger partial charge in [0, 0.05) is 44.3 Å². The number of Topliss-reactive ketones (excluding diaryl/α,β-unsaturated/α-hetero) is 1. The minimum Gasteiger partial charge on any atom is -0.382 e. The molecule has 6 rings (SSSR count). The molecule has 0 bridgehead atoms. The Balaban J connectivity index is 1.06. The number of amides is 1. The molecule has 0 saturated heterocycles. The number of nitrogens with zero attached hydrogens (tertiary/aromatic N) is 2. The minimum absolute atomic E-state index is 0.127. The molecule has 3 atom stereocenters. The number of anilines is 2. The monoisotopic (exact) mass is 655 g/mol.